The van der Waals surface area contributed by atoms with Gasteiger partial charge in [-0.3, -0.25) is 14.7 Å². The first-order valence-corrected chi connectivity index (χ1v) is 11.0. The van der Waals surface area contributed by atoms with E-state index in [-0.39, 0.29) is 6.10 Å². The monoisotopic (exact) mass is 431 g/mol. The molecule has 1 aliphatic rings. The number of hydrogen-bond acceptors (Lipinski definition) is 5. The average Bonchev–Trinajstić information content (AvgIpc) is 3.41. The third-order valence-corrected chi connectivity index (χ3v) is 6.24. The first-order chi connectivity index (χ1) is 15.4. The summed E-state index contributed by atoms with van der Waals surface area (Å²) < 4.78 is 10.2. The van der Waals surface area contributed by atoms with Gasteiger partial charge >= 0.3 is 0 Å². The summed E-state index contributed by atoms with van der Waals surface area (Å²) in [5.74, 6) is 0.778. The Kier molecular flexibility index (Phi) is 5.09. The minimum Gasteiger partial charge on any atom is -0.473 e. The maximum atomic E-state index is 6.44. The van der Waals surface area contributed by atoms with E-state index in [0.717, 1.165) is 64.5 Å². The molecule has 166 valence electrons. The van der Waals surface area contributed by atoms with Crippen molar-refractivity contribution in [3.8, 4) is 17.0 Å². The van der Waals surface area contributed by atoms with Crippen molar-refractivity contribution < 1.29 is 4.74 Å². The molecule has 4 aromatic rings. The number of aryl methyl sites for hydroxylation is 3. The molecule has 8 heteroatoms. The lowest BCUT2D eigenvalue weighted by atomic mass is 10.0. The molecular weight excluding hydrogens is 402 g/mol. The van der Waals surface area contributed by atoms with Crippen molar-refractivity contribution in [2.45, 2.75) is 33.4 Å². The molecule has 5 rings (SSSR count). The normalized spacial score (nSPS) is 18.1. The van der Waals surface area contributed by atoms with Crippen LogP contribution in [0.2, 0.25) is 0 Å². The molecule has 0 amide bonds. The Hall–Kier alpha value is -3.39. The highest BCUT2D eigenvalue weighted by Crippen LogP contribution is 2.33. The van der Waals surface area contributed by atoms with E-state index in [1.807, 2.05) is 35.7 Å². The van der Waals surface area contributed by atoms with Gasteiger partial charge in [0.1, 0.15) is 6.10 Å². The number of hydrogen-bond donors (Lipinski definition) is 1. The fourth-order valence-electron chi connectivity index (χ4n) is 4.49. The molecule has 0 fully saturated rings. The van der Waals surface area contributed by atoms with Crippen LogP contribution in [0.4, 0.5) is 0 Å². The van der Waals surface area contributed by atoms with E-state index < -0.39 is 0 Å². The zero-order valence-corrected chi connectivity index (χ0v) is 19.3. The second-order valence-electron chi connectivity index (χ2n) is 8.52. The van der Waals surface area contributed by atoms with Gasteiger partial charge in [0.05, 0.1) is 34.4 Å². The maximum absolute atomic E-state index is 6.44. The maximum Gasteiger partial charge on any atom is 0.219 e. The molecule has 0 spiro atoms. The second kappa shape index (κ2) is 7.94. The Bertz CT molecular complexity index is 1310. The number of aromatic nitrogens is 6. The van der Waals surface area contributed by atoms with Crippen molar-refractivity contribution in [1.82, 2.24) is 34.7 Å². The molecule has 4 heterocycles. The molecule has 0 saturated heterocycles. The van der Waals surface area contributed by atoms with E-state index >= 15 is 0 Å². The summed E-state index contributed by atoms with van der Waals surface area (Å²) in [6.07, 6.45) is 6.13. The van der Waals surface area contributed by atoms with Crippen LogP contribution in [0.25, 0.3) is 34.2 Å². The van der Waals surface area contributed by atoms with Crippen molar-refractivity contribution in [3.63, 3.8) is 0 Å². The third kappa shape index (κ3) is 3.50. The summed E-state index contributed by atoms with van der Waals surface area (Å²) >= 11 is 0. The molecule has 32 heavy (non-hydrogen) atoms. The van der Waals surface area contributed by atoms with Gasteiger partial charge in [0.2, 0.25) is 5.88 Å². The van der Waals surface area contributed by atoms with Gasteiger partial charge in [-0.15, -0.1) is 0 Å². The molecule has 0 unspecified atom stereocenters. The van der Waals surface area contributed by atoms with Crippen molar-refractivity contribution >= 4 is 23.1 Å². The molecule has 8 nitrogen and oxygen atoms in total. The number of benzene rings is 1. The fraction of sp³-hybridized carbons (Fsp3) is 0.375. The predicted molar refractivity (Wildman–Crippen MR) is 126 cm³/mol. The zero-order chi connectivity index (χ0) is 22.4. The molecule has 1 atom stereocenters. The summed E-state index contributed by atoms with van der Waals surface area (Å²) in [5.41, 5.74) is 7.30. The van der Waals surface area contributed by atoms with E-state index in [1.54, 1.807) is 0 Å². The van der Waals surface area contributed by atoms with E-state index in [4.69, 9.17) is 4.74 Å². The van der Waals surface area contributed by atoms with Crippen LogP contribution >= 0.6 is 0 Å². The number of nitrogens with zero attached hydrogens (tertiary/aromatic N) is 6. The number of rotatable bonds is 1. The predicted octanol–water partition coefficient (Wildman–Crippen LogP) is 3.78. The van der Waals surface area contributed by atoms with Gasteiger partial charge in [-0.1, -0.05) is 13.0 Å². The Morgan fingerprint density at radius 3 is 2.84 bits per heavy atom. The fourth-order valence-corrected chi connectivity index (χ4v) is 4.49. The number of nitrogens with one attached hydrogen (secondary N) is 1. The highest BCUT2D eigenvalue weighted by atomic mass is 16.5. The minimum atomic E-state index is -0.00392. The van der Waals surface area contributed by atoms with Crippen LogP contribution in [0, 0.1) is 6.92 Å². The van der Waals surface area contributed by atoms with Crippen LogP contribution < -0.4 is 4.74 Å². The summed E-state index contributed by atoms with van der Waals surface area (Å²) in [6, 6.07) is 6.27. The summed E-state index contributed by atoms with van der Waals surface area (Å²) in [5, 5.41) is 17.9. The molecule has 0 radical (unpaired) electrons. The molecular formula is C24H29N7O. The number of H-pyrrole nitrogens is 1. The van der Waals surface area contributed by atoms with E-state index in [2.05, 4.69) is 70.4 Å². The lowest BCUT2D eigenvalue weighted by molar-refractivity contribution is 0.134. The molecule has 1 N–H and O–H groups in total. The van der Waals surface area contributed by atoms with Gasteiger partial charge in [-0.25, -0.2) is 4.68 Å². The van der Waals surface area contributed by atoms with Gasteiger partial charge in [-0.2, -0.15) is 15.3 Å². The van der Waals surface area contributed by atoms with Crippen LogP contribution in [-0.2, 0) is 20.6 Å². The van der Waals surface area contributed by atoms with Gasteiger partial charge < -0.3 is 4.74 Å². The molecule has 1 aromatic carbocycles. The Morgan fingerprint density at radius 2 is 2.03 bits per heavy atom. The average molecular weight is 432 g/mol. The molecule has 1 aliphatic heterocycles. The lowest BCUT2D eigenvalue weighted by Gasteiger charge is -2.25. The standard InChI is InChI=1S/C24H29N7O/c1-6-31-13-15(2)32-24-20(12-25-30(24)5)17-7-9-21-19(11-17)22(27-26-21)10-8-18-16(3)28-29(4)23(18)14-31/h7-12,15H,6,13-14H2,1-5H3,(H,26,27)/b10-8+/t15-/m0/s1. The van der Waals surface area contributed by atoms with Gasteiger partial charge in [0.25, 0.3) is 0 Å². The van der Waals surface area contributed by atoms with Crippen LogP contribution in [0.15, 0.2) is 24.4 Å². The SMILES string of the molecule is CCN1Cc2c(c(C)nn2C)/C=C/c2[nH]nc3ccc(cc23)-c2cnn(C)c2O[C@@H](C)C1. The van der Waals surface area contributed by atoms with Crippen LogP contribution in [-0.4, -0.2) is 53.9 Å². The second-order valence-corrected chi connectivity index (χ2v) is 8.52. The van der Waals surface area contributed by atoms with E-state index in [9.17, 15) is 0 Å². The molecule has 0 aliphatic carbocycles. The first-order valence-electron chi connectivity index (χ1n) is 11.0. The van der Waals surface area contributed by atoms with E-state index in [1.165, 1.54) is 5.69 Å². The summed E-state index contributed by atoms with van der Waals surface area (Å²) in [4.78, 5) is 2.39. The minimum absolute atomic E-state index is 0.00392. The first kappa shape index (κ1) is 20.5. The third-order valence-electron chi connectivity index (χ3n) is 6.24. The van der Waals surface area contributed by atoms with Crippen molar-refractivity contribution in [2.75, 3.05) is 13.1 Å². The van der Waals surface area contributed by atoms with Gasteiger partial charge in [0, 0.05) is 38.1 Å². The number of likely N-dealkylation sites (N-methyl/N-ethyl adjacent to an activating group) is 1. The van der Waals surface area contributed by atoms with Crippen molar-refractivity contribution in [3.05, 3.63) is 47.0 Å². The zero-order valence-electron chi connectivity index (χ0n) is 19.3. The van der Waals surface area contributed by atoms with E-state index in [0.29, 0.717) is 0 Å². The Labute approximate surface area is 187 Å². The highest BCUT2D eigenvalue weighted by molar-refractivity contribution is 5.93. The quantitative estimate of drug-likeness (QED) is 0.496. The molecule has 2 bridgehead atoms. The van der Waals surface area contributed by atoms with Gasteiger partial charge in [-0.05, 0) is 50.2 Å². The van der Waals surface area contributed by atoms with Crippen molar-refractivity contribution in [1.29, 1.82) is 0 Å². The van der Waals surface area contributed by atoms with Crippen LogP contribution in [0.3, 0.4) is 0 Å². The Morgan fingerprint density at radius 1 is 1.19 bits per heavy atom. The Balaban J connectivity index is 1.70. The number of ether oxygens (including phenoxy) is 1. The molecule has 0 saturated carbocycles. The summed E-state index contributed by atoms with van der Waals surface area (Å²) in [7, 11) is 3.94. The largest absolute Gasteiger partial charge is 0.473 e. The lowest BCUT2D eigenvalue weighted by Crippen LogP contribution is -2.34. The molecule has 3 aromatic heterocycles. The number of aromatic amines is 1. The topological polar surface area (TPSA) is 76.8 Å². The van der Waals surface area contributed by atoms with Crippen LogP contribution in [0.1, 0.15) is 36.5 Å². The highest BCUT2D eigenvalue weighted by Gasteiger charge is 2.20. The van der Waals surface area contributed by atoms with Crippen molar-refractivity contribution in [2.24, 2.45) is 14.1 Å². The number of fused-ring (bicyclic) bond motifs is 4. The smallest absolute Gasteiger partial charge is 0.219 e. The van der Waals surface area contributed by atoms with Gasteiger partial charge in [0.15, 0.2) is 0 Å². The van der Waals surface area contributed by atoms with Crippen LogP contribution in [0.5, 0.6) is 5.88 Å². The summed E-state index contributed by atoms with van der Waals surface area (Å²) in [6.45, 7) is 8.88.